The van der Waals surface area contributed by atoms with Gasteiger partial charge in [-0.3, -0.25) is 0 Å². The molecule has 1 aliphatic rings. The summed E-state index contributed by atoms with van der Waals surface area (Å²) < 4.78 is 5.86. The van der Waals surface area contributed by atoms with Gasteiger partial charge < -0.3 is 15.0 Å². The molecule has 0 radical (unpaired) electrons. The van der Waals surface area contributed by atoms with Gasteiger partial charge in [0.25, 0.3) is 0 Å². The molecule has 5 heteroatoms. The molecule has 0 unspecified atom stereocenters. The molecule has 1 saturated heterocycles. The molecular formula is C24H28N4O. The topological polar surface area (TPSA) is 50.3 Å². The first-order valence-corrected chi connectivity index (χ1v) is 10.3. The molecule has 1 aromatic heterocycles. The molecule has 0 bridgehead atoms. The minimum Gasteiger partial charge on any atom is -0.489 e. The Morgan fingerprint density at radius 3 is 2.45 bits per heavy atom. The van der Waals surface area contributed by atoms with E-state index in [1.165, 1.54) is 12.8 Å². The van der Waals surface area contributed by atoms with Gasteiger partial charge in [0, 0.05) is 24.8 Å². The molecule has 0 atom stereocenters. The first kappa shape index (κ1) is 19.2. The normalized spacial score (nSPS) is 14.6. The molecule has 0 spiro atoms. The standard InChI is InChI=1S/C24H28N4O/c1-18-12-14-28(15-13-18)24-16-23(25-19(2)26-24)27-21-8-10-22(11-9-21)29-17-20-6-4-3-5-7-20/h3-11,16,18H,12-15,17H2,1-2H3,(H,25,26,27). The zero-order valence-corrected chi connectivity index (χ0v) is 17.1. The molecule has 0 amide bonds. The Bertz CT molecular complexity index is 919. The third-order valence-corrected chi connectivity index (χ3v) is 5.31. The zero-order chi connectivity index (χ0) is 20.1. The highest BCUT2D eigenvalue weighted by molar-refractivity contribution is 5.60. The Balaban J connectivity index is 1.39. The van der Waals surface area contributed by atoms with Crippen molar-refractivity contribution in [3.63, 3.8) is 0 Å². The average molecular weight is 389 g/mol. The number of rotatable bonds is 6. The van der Waals surface area contributed by atoms with Crippen LogP contribution in [0.5, 0.6) is 5.75 Å². The lowest BCUT2D eigenvalue weighted by Gasteiger charge is -2.31. The summed E-state index contributed by atoms with van der Waals surface area (Å²) in [7, 11) is 0. The Kier molecular flexibility index (Phi) is 5.94. The van der Waals surface area contributed by atoms with Crippen LogP contribution in [0.15, 0.2) is 60.7 Å². The second-order valence-corrected chi connectivity index (χ2v) is 7.75. The number of nitrogens with zero attached hydrogens (tertiary/aromatic N) is 3. The summed E-state index contributed by atoms with van der Waals surface area (Å²) in [6.07, 6.45) is 2.44. The number of aryl methyl sites for hydroxylation is 1. The van der Waals surface area contributed by atoms with Crippen molar-refractivity contribution < 1.29 is 4.74 Å². The van der Waals surface area contributed by atoms with Crippen molar-refractivity contribution >= 4 is 17.3 Å². The molecule has 0 aliphatic carbocycles. The van der Waals surface area contributed by atoms with E-state index < -0.39 is 0 Å². The van der Waals surface area contributed by atoms with E-state index in [9.17, 15) is 0 Å². The number of ether oxygens (including phenoxy) is 1. The molecule has 2 heterocycles. The Morgan fingerprint density at radius 2 is 1.72 bits per heavy atom. The Labute approximate surface area is 172 Å². The van der Waals surface area contributed by atoms with E-state index in [1.807, 2.05) is 55.5 Å². The molecule has 4 rings (SSSR count). The van der Waals surface area contributed by atoms with E-state index in [-0.39, 0.29) is 0 Å². The molecule has 1 aliphatic heterocycles. The van der Waals surface area contributed by atoms with Crippen molar-refractivity contribution in [2.75, 3.05) is 23.3 Å². The molecular weight excluding hydrogens is 360 g/mol. The maximum absolute atomic E-state index is 5.86. The number of hydrogen-bond donors (Lipinski definition) is 1. The number of aromatic nitrogens is 2. The van der Waals surface area contributed by atoms with Crippen molar-refractivity contribution in [2.24, 2.45) is 5.92 Å². The summed E-state index contributed by atoms with van der Waals surface area (Å²) in [6.45, 7) is 6.95. The van der Waals surface area contributed by atoms with Gasteiger partial charge >= 0.3 is 0 Å². The second kappa shape index (κ2) is 8.95. The van der Waals surface area contributed by atoms with Gasteiger partial charge in [-0.1, -0.05) is 37.3 Å². The molecule has 1 fully saturated rings. The average Bonchev–Trinajstić information content (AvgIpc) is 2.74. The van der Waals surface area contributed by atoms with Gasteiger partial charge in [0.05, 0.1) is 0 Å². The van der Waals surface area contributed by atoms with Crippen molar-refractivity contribution in [2.45, 2.75) is 33.3 Å². The number of hydrogen-bond acceptors (Lipinski definition) is 5. The van der Waals surface area contributed by atoms with Crippen LogP contribution in [0.1, 0.15) is 31.2 Å². The molecule has 1 N–H and O–H groups in total. The van der Waals surface area contributed by atoms with Gasteiger partial charge in [-0.2, -0.15) is 0 Å². The quantitative estimate of drug-likeness (QED) is 0.617. The fourth-order valence-electron chi connectivity index (χ4n) is 3.54. The summed E-state index contributed by atoms with van der Waals surface area (Å²) >= 11 is 0. The fourth-order valence-corrected chi connectivity index (χ4v) is 3.54. The van der Waals surface area contributed by atoms with E-state index in [2.05, 4.69) is 39.2 Å². The minimum absolute atomic E-state index is 0.566. The van der Waals surface area contributed by atoms with Crippen LogP contribution in [0.4, 0.5) is 17.3 Å². The molecule has 150 valence electrons. The predicted octanol–water partition coefficient (Wildman–Crippen LogP) is 5.34. The fraction of sp³-hybridized carbons (Fsp3) is 0.333. The highest BCUT2D eigenvalue weighted by Gasteiger charge is 2.18. The van der Waals surface area contributed by atoms with E-state index in [0.29, 0.717) is 6.61 Å². The molecule has 29 heavy (non-hydrogen) atoms. The van der Waals surface area contributed by atoms with Crippen molar-refractivity contribution in [1.82, 2.24) is 9.97 Å². The van der Waals surface area contributed by atoms with E-state index in [1.54, 1.807) is 0 Å². The van der Waals surface area contributed by atoms with Crippen LogP contribution < -0.4 is 15.0 Å². The molecule has 5 nitrogen and oxygen atoms in total. The second-order valence-electron chi connectivity index (χ2n) is 7.75. The van der Waals surface area contributed by atoms with Gasteiger partial charge in [-0.05, 0) is 55.5 Å². The van der Waals surface area contributed by atoms with Crippen LogP contribution >= 0.6 is 0 Å². The lowest BCUT2D eigenvalue weighted by Crippen LogP contribution is -2.33. The third-order valence-electron chi connectivity index (χ3n) is 5.31. The van der Waals surface area contributed by atoms with E-state index in [4.69, 9.17) is 4.74 Å². The number of nitrogens with one attached hydrogen (secondary N) is 1. The smallest absolute Gasteiger partial charge is 0.136 e. The number of anilines is 3. The van der Waals surface area contributed by atoms with Crippen LogP contribution in [-0.2, 0) is 6.61 Å². The number of benzene rings is 2. The van der Waals surface area contributed by atoms with Crippen molar-refractivity contribution in [3.05, 3.63) is 72.1 Å². The highest BCUT2D eigenvalue weighted by Crippen LogP contribution is 2.25. The van der Waals surface area contributed by atoms with Gasteiger partial charge in [0.15, 0.2) is 0 Å². The van der Waals surface area contributed by atoms with Gasteiger partial charge in [0.2, 0.25) is 0 Å². The van der Waals surface area contributed by atoms with Crippen LogP contribution in [0.3, 0.4) is 0 Å². The lowest BCUT2D eigenvalue weighted by atomic mass is 9.99. The summed E-state index contributed by atoms with van der Waals surface area (Å²) in [5.74, 6) is 4.26. The van der Waals surface area contributed by atoms with Crippen LogP contribution in [-0.4, -0.2) is 23.1 Å². The maximum Gasteiger partial charge on any atom is 0.136 e. The Hall–Kier alpha value is -3.08. The SMILES string of the molecule is Cc1nc(Nc2ccc(OCc3ccccc3)cc2)cc(N2CCC(C)CC2)n1. The lowest BCUT2D eigenvalue weighted by molar-refractivity contribution is 0.306. The maximum atomic E-state index is 5.86. The number of piperidine rings is 1. The van der Waals surface area contributed by atoms with E-state index >= 15 is 0 Å². The molecule has 3 aromatic rings. The van der Waals surface area contributed by atoms with Crippen molar-refractivity contribution in [3.8, 4) is 5.75 Å². The zero-order valence-electron chi connectivity index (χ0n) is 17.1. The predicted molar refractivity (Wildman–Crippen MR) is 118 cm³/mol. The molecule has 2 aromatic carbocycles. The summed E-state index contributed by atoms with van der Waals surface area (Å²) in [4.78, 5) is 11.6. The van der Waals surface area contributed by atoms with Gasteiger partial charge in [-0.25, -0.2) is 9.97 Å². The van der Waals surface area contributed by atoms with Crippen LogP contribution in [0.2, 0.25) is 0 Å². The summed E-state index contributed by atoms with van der Waals surface area (Å²) in [5.41, 5.74) is 2.14. The van der Waals surface area contributed by atoms with Crippen LogP contribution in [0.25, 0.3) is 0 Å². The minimum atomic E-state index is 0.566. The first-order chi connectivity index (χ1) is 14.2. The summed E-state index contributed by atoms with van der Waals surface area (Å²) in [6, 6.07) is 20.2. The summed E-state index contributed by atoms with van der Waals surface area (Å²) in [5, 5.41) is 3.40. The van der Waals surface area contributed by atoms with Gasteiger partial charge in [0.1, 0.15) is 29.8 Å². The van der Waals surface area contributed by atoms with Crippen LogP contribution in [0, 0.1) is 12.8 Å². The van der Waals surface area contributed by atoms with Crippen molar-refractivity contribution in [1.29, 1.82) is 0 Å². The highest BCUT2D eigenvalue weighted by atomic mass is 16.5. The van der Waals surface area contributed by atoms with Gasteiger partial charge in [-0.15, -0.1) is 0 Å². The molecule has 0 saturated carbocycles. The largest absolute Gasteiger partial charge is 0.489 e. The monoisotopic (exact) mass is 388 g/mol. The first-order valence-electron chi connectivity index (χ1n) is 10.3. The van der Waals surface area contributed by atoms with E-state index in [0.717, 1.165) is 53.5 Å². The third kappa shape index (κ3) is 5.25. The Morgan fingerprint density at radius 1 is 1.00 bits per heavy atom.